The van der Waals surface area contributed by atoms with E-state index in [4.69, 9.17) is 16.3 Å². The van der Waals surface area contributed by atoms with Gasteiger partial charge in [0.15, 0.2) is 0 Å². The monoisotopic (exact) mass is 545 g/mol. The van der Waals surface area contributed by atoms with E-state index in [1.807, 2.05) is 18.2 Å². The smallest absolute Gasteiger partial charge is 0.261 e. The third-order valence-electron chi connectivity index (χ3n) is 7.04. The lowest BCUT2D eigenvalue weighted by Crippen LogP contribution is -2.40. The average molecular weight is 546 g/mol. The molecule has 1 unspecified atom stereocenters. The Kier molecular flexibility index (Phi) is 9.71. The Balaban J connectivity index is 1.48. The number of anilines is 3. The molecule has 2 fully saturated rings. The summed E-state index contributed by atoms with van der Waals surface area (Å²) >= 11 is 7.11. The first-order chi connectivity index (χ1) is 18.0. The summed E-state index contributed by atoms with van der Waals surface area (Å²) in [5, 5.41) is 5.97. The second kappa shape index (κ2) is 13.2. The highest BCUT2D eigenvalue weighted by Gasteiger charge is 2.26. The Bertz CT molecular complexity index is 1080. The summed E-state index contributed by atoms with van der Waals surface area (Å²) in [5.41, 5.74) is 2.33. The van der Waals surface area contributed by atoms with Gasteiger partial charge < -0.3 is 20.4 Å². The van der Waals surface area contributed by atoms with Crippen LogP contribution in [0.25, 0.3) is 0 Å². The molecule has 3 amide bonds. The highest BCUT2D eigenvalue weighted by molar-refractivity contribution is 7.18. The summed E-state index contributed by atoms with van der Waals surface area (Å²) in [7, 11) is 3.52. The molecule has 198 valence electrons. The number of benzene rings is 1. The number of halogens is 1. The van der Waals surface area contributed by atoms with Crippen molar-refractivity contribution in [3.63, 3.8) is 0 Å². The Morgan fingerprint density at radius 3 is 2.57 bits per heavy atom. The normalized spacial score (nSPS) is 16.8. The molecule has 0 radical (unpaired) electrons. The van der Waals surface area contributed by atoms with Crippen molar-refractivity contribution in [1.82, 2.24) is 5.32 Å². The minimum Gasteiger partial charge on any atom is -0.370 e. The largest absolute Gasteiger partial charge is 0.370 e. The van der Waals surface area contributed by atoms with Crippen LogP contribution in [0.3, 0.4) is 0 Å². The van der Waals surface area contributed by atoms with Crippen LogP contribution in [0.2, 0.25) is 4.34 Å². The van der Waals surface area contributed by atoms with E-state index >= 15 is 0 Å². The maximum atomic E-state index is 13.0. The van der Waals surface area contributed by atoms with Crippen molar-refractivity contribution >= 4 is 58.2 Å². The minimum absolute atomic E-state index is 0.0332. The summed E-state index contributed by atoms with van der Waals surface area (Å²) in [4.78, 5) is 41.8. The van der Waals surface area contributed by atoms with Crippen LogP contribution in [-0.4, -0.2) is 50.5 Å². The van der Waals surface area contributed by atoms with E-state index in [0.717, 1.165) is 69.4 Å². The predicted molar refractivity (Wildman–Crippen MR) is 148 cm³/mol. The lowest BCUT2D eigenvalue weighted by Gasteiger charge is -2.32. The van der Waals surface area contributed by atoms with Crippen molar-refractivity contribution in [3.05, 3.63) is 46.7 Å². The van der Waals surface area contributed by atoms with E-state index in [9.17, 15) is 14.4 Å². The van der Waals surface area contributed by atoms with Gasteiger partial charge in [0.05, 0.1) is 33.7 Å². The van der Waals surface area contributed by atoms with Crippen molar-refractivity contribution in [3.8, 4) is 0 Å². The molecule has 1 aliphatic heterocycles. The molecule has 1 saturated heterocycles. The van der Waals surface area contributed by atoms with Gasteiger partial charge >= 0.3 is 0 Å². The molecule has 10 heteroatoms. The molecular weight excluding hydrogens is 512 g/mol. The van der Waals surface area contributed by atoms with Crippen molar-refractivity contribution in [2.45, 2.75) is 51.0 Å². The molecule has 2 aromatic rings. The maximum Gasteiger partial charge on any atom is 0.261 e. The van der Waals surface area contributed by atoms with Crippen LogP contribution in [0.15, 0.2) is 30.3 Å². The Morgan fingerprint density at radius 2 is 1.92 bits per heavy atom. The molecule has 8 nitrogen and oxygen atoms in total. The van der Waals surface area contributed by atoms with Crippen LogP contribution >= 0.6 is 22.9 Å². The number of thiophene rings is 1. The van der Waals surface area contributed by atoms with Gasteiger partial charge in [-0.2, -0.15) is 4.74 Å². The van der Waals surface area contributed by atoms with E-state index in [2.05, 4.69) is 22.6 Å². The number of rotatable bonds is 11. The Hall–Kier alpha value is -2.75. The SMILES string of the molecule is [CH2+]OC(CNC(=O)c1ccc(Cl)s1)CN(C=O)c1ccc(N2CCCCC2)c(NC(=O)C2CCCC2)c1. The molecule has 0 spiro atoms. The molecular formula is C27H34ClN4O4S+. The van der Waals surface area contributed by atoms with Crippen LogP contribution in [0.5, 0.6) is 0 Å². The molecule has 37 heavy (non-hydrogen) atoms. The summed E-state index contributed by atoms with van der Waals surface area (Å²) < 4.78 is 5.84. The number of hydrogen-bond acceptors (Lipinski definition) is 6. The van der Waals surface area contributed by atoms with Crippen LogP contribution in [0.1, 0.15) is 54.6 Å². The lowest BCUT2D eigenvalue weighted by molar-refractivity contribution is -0.119. The molecule has 1 aliphatic carbocycles. The standard InChI is InChI=1S/C27H33ClN4O4S/c1-36-21(16-29-27(35)24-11-12-25(28)37-24)17-32(18-33)20-9-10-23(31-13-5-2-6-14-31)22(15-20)30-26(34)19-7-3-4-8-19/h9-12,15,18-19,21H,1-8,13-14,16-17H2,(H-,29,30,34,35)/p+1. The highest BCUT2D eigenvalue weighted by Crippen LogP contribution is 2.34. The highest BCUT2D eigenvalue weighted by atomic mass is 35.5. The molecule has 2 heterocycles. The fourth-order valence-corrected chi connectivity index (χ4v) is 5.93. The number of carbonyl (C=O) groups excluding carboxylic acids is 3. The van der Waals surface area contributed by atoms with E-state index in [1.54, 1.807) is 12.1 Å². The Morgan fingerprint density at radius 1 is 1.16 bits per heavy atom. The molecule has 1 saturated carbocycles. The van der Waals surface area contributed by atoms with Crippen molar-refractivity contribution in [1.29, 1.82) is 0 Å². The zero-order chi connectivity index (χ0) is 26.2. The second-order valence-corrected chi connectivity index (χ2v) is 11.3. The average Bonchev–Trinajstić information content (AvgIpc) is 3.62. The van der Waals surface area contributed by atoms with E-state index in [-0.39, 0.29) is 30.8 Å². The topological polar surface area (TPSA) is 91.0 Å². The molecule has 2 N–H and O–H groups in total. The quantitative estimate of drug-likeness (QED) is 0.303. The number of nitrogens with one attached hydrogen (secondary N) is 2. The number of piperidine rings is 1. The van der Waals surface area contributed by atoms with Gasteiger partial charge in [-0.05, 0) is 62.4 Å². The lowest BCUT2D eigenvalue weighted by atomic mass is 10.1. The zero-order valence-electron chi connectivity index (χ0n) is 20.9. The van der Waals surface area contributed by atoms with Gasteiger partial charge in [0.25, 0.3) is 5.91 Å². The molecule has 1 aromatic heterocycles. The summed E-state index contributed by atoms with van der Waals surface area (Å²) in [6.07, 6.45) is 7.62. The van der Waals surface area contributed by atoms with Crippen LogP contribution < -0.4 is 20.4 Å². The summed E-state index contributed by atoms with van der Waals surface area (Å²) in [6.45, 7) is 2.22. The third-order valence-corrected chi connectivity index (χ3v) is 8.27. The van der Waals surface area contributed by atoms with Gasteiger partial charge in [-0.25, -0.2) is 0 Å². The summed E-state index contributed by atoms with van der Waals surface area (Å²) in [5.74, 6) is -0.189. The van der Waals surface area contributed by atoms with Gasteiger partial charge in [-0.3, -0.25) is 14.4 Å². The predicted octanol–water partition coefficient (Wildman–Crippen LogP) is 5.09. The first-order valence-electron chi connectivity index (χ1n) is 12.8. The van der Waals surface area contributed by atoms with E-state index < -0.39 is 6.10 Å². The van der Waals surface area contributed by atoms with E-state index in [0.29, 0.717) is 14.9 Å². The number of hydrogen-bond donors (Lipinski definition) is 2. The van der Waals surface area contributed by atoms with Crippen molar-refractivity contribution in [2.75, 3.05) is 41.3 Å². The number of amides is 3. The van der Waals surface area contributed by atoms with Crippen molar-refractivity contribution < 1.29 is 19.1 Å². The molecule has 4 rings (SSSR count). The summed E-state index contributed by atoms with van der Waals surface area (Å²) in [6, 6.07) is 9.05. The van der Waals surface area contributed by atoms with Crippen LogP contribution in [0.4, 0.5) is 17.1 Å². The van der Waals surface area contributed by atoms with Crippen LogP contribution in [-0.2, 0) is 14.3 Å². The molecule has 2 aliphatic rings. The Labute approximate surface area is 227 Å². The fraction of sp³-hybridized carbons (Fsp3) is 0.481. The first kappa shape index (κ1) is 27.3. The van der Waals surface area contributed by atoms with Gasteiger partial charge in [0, 0.05) is 24.7 Å². The van der Waals surface area contributed by atoms with Crippen molar-refractivity contribution in [2.24, 2.45) is 5.92 Å². The minimum atomic E-state index is -0.539. The molecule has 1 atom stereocenters. The first-order valence-corrected chi connectivity index (χ1v) is 14.0. The van der Waals surface area contributed by atoms with Gasteiger partial charge in [0.2, 0.25) is 19.4 Å². The molecule has 0 bridgehead atoms. The van der Waals surface area contributed by atoms with Gasteiger partial charge in [-0.1, -0.05) is 24.4 Å². The number of nitrogens with zero attached hydrogens (tertiary/aromatic N) is 2. The van der Waals surface area contributed by atoms with E-state index in [1.165, 1.54) is 22.7 Å². The fourth-order valence-electron chi connectivity index (χ4n) is 4.97. The molecule has 1 aromatic carbocycles. The third kappa shape index (κ3) is 7.18. The number of carbonyl (C=O) groups is 3. The van der Waals surface area contributed by atoms with Gasteiger partial charge in [-0.15, -0.1) is 11.3 Å². The van der Waals surface area contributed by atoms with Gasteiger partial charge in [0.1, 0.15) is 6.10 Å². The number of ether oxygens (including phenoxy) is 1. The zero-order valence-corrected chi connectivity index (χ0v) is 22.5. The second-order valence-electron chi connectivity index (χ2n) is 9.58. The maximum absolute atomic E-state index is 13.0. The van der Waals surface area contributed by atoms with Crippen LogP contribution in [0, 0.1) is 13.0 Å².